The molecule has 1 aliphatic rings. The number of ether oxygens (including phenoxy) is 1. The molecule has 1 fully saturated rings. The first kappa shape index (κ1) is 15.1. The topological polar surface area (TPSA) is 66.8 Å². The normalized spacial score (nSPS) is 15.5. The van der Waals surface area contributed by atoms with Gasteiger partial charge in [-0.05, 0) is 24.3 Å². The van der Waals surface area contributed by atoms with E-state index in [2.05, 4.69) is 6.58 Å². The number of nitrogens with zero attached hydrogens (tertiary/aromatic N) is 1. The number of piperidine rings is 1. The molecule has 0 bridgehead atoms. The number of carboxylic acids is 1. The first-order chi connectivity index (χ1) is 10.1. The Kier molecular flexibility index (Phi) is 4.98. The molecule has 1 aromatic carbocycles. The van der Waals surface area contributed by atoms with Crippen molar-refractivity contribution in [1.82, 2.24) is 4.90 Å². The lowest BCUT2D eigenvalue weighted by Crippen LogP contribution is -2.39. The molecule has 5 heteroatoms. The summed E-state index contributed by atoms with van der Waals surface area (Å²) in [6.07, 6.45) is 0.884. The Morgan fingerprint density at radius 2 is 1.86 bits per heavy atom. The van der Waals surface area contributed by atoms with E-state index in [0.29, 0.717) is 25.9 Å². The molecule has 0 aliphatic carbocycles. The van der Waals surface area contributed by atoms with Gasteiger partial charge >= 0.3 is 12.1 Å². The standard InChI is InChI=1S/C16H19NO4/c1-12(15(18)19)14-7-9-17(10-8-14)16(20)21-11-13-5-3-2-4-6-13/h2-6,14H,1,7-11H2,(H,18,19). The SMILES string of the molecule is C=C(C(=O)O)C1CCN(C(=O)OCc2ccccc2)CC1. The fraction of sp³-hybridized carbons (Fsp3) is 0.375. The maximum absolute atomic E-state index is 11.9. The molecule has 1 N–H and O–H groups in total. The predicted molar refractivity (Wildman–Crippen MR) is 77.7 cm³/mol. The number of carboxylic acid groups (broad SMARTS) is 1. The van der Waals surface area contributed by atoms with Crippen LogP contribution < -0.4 is 0 Å². The van der Waals surface area contributed by atoms with Crippen molar-refractivity contribution in [3.05, 3.63) is 48.0 Å². The summed E-state index contributed by atoms with van der Waals surface area (Å²) in [5, 5.41) is 8.91. The Bertz CT molecular complexity index is 518. The van der Waals surface area contributed by atoms with E-state index >= 15 is 0 Å². The van der Waals surface area contributed by atoms with Crippen LogP contribution in [0.5, 0.6) is 0 Å². The third kappa shape index (κ3) is 4.08. The molecule has 1 aromatic rings. The molecule has 112 valence electrons. The number of carbonyl (C=O) groups excluding carboxylic acids is 1. The number of hydrogen-bond acceptors (Lipinski definition) is 3. The van der Waals surface area contributed by atoms with Crippen LogP contribution in [0.25, 0.3) is 0 Å². The highest BCUT2D eigenvalue weighted by Gasteiger charge is 2.27. The Morgan fingerprint density at radius 1 is 1.24 bits per heavy atom. The van der Waals surface area contributed by atoms with Crippen LogP contribution in [-0.4, -0.2) is 35.2 Å². The summed E-state index contributed by atoms with van der Waals surface area (Å²) in [4.78, 5) is 24.4. The summed E-state index contributed by atoms with van der Waals surface area (Å²) in [5.41, 5.74) is 1.17. The van der Waals surface area contributed by atoms with Crippen molar-refractivity contribution in [3.8, 4) is 0 Å². The first-order valence-corrected chi connectivity index (χ1v) is 6.95. The highest BCUT2D eigenvalue weighted by molar-refractivity contribution is 5.86. The van der Waals surface area contributed by atoms with Crippen LogP contribution in [0.2, 0.25) is 0 Å². The van der Waals surface area contributed by atoms with E-state index in [4.69, 9.17) is 9.84 Å². The lowest BCUT2D eigenvalue weighted by Gasteiger charge is -2.31. The van der Waals surface area contributed by atoms with Crippen molar-refractivity contribution < 1.29 is 19.4 Å². The molecule has 0 radical (unpaired) electrons. The second-order valence-electron chi connectivity index (χ2n) is 5.13. The molecule has 5 nitrogen and oxygen atoms in total. The Labute approximate surface area is 123 Å². The number of benzene rings is 1. The van der Waals surface area contributed by atoms with E-state index in [-0.39, 0.29) is 24.2 Å². The zero-order valence-electron chi connectivity index (χ0n) is 11.8. The van der Waals surface area contributed by atoms with Crippen molar-refractivity contribution >= 4 is 12.1 Å². The molecule has 0 spiro atoms. The zero-order valence-corrected chi connectivity index (χ0v) is 11.8. The highest BCUT2D eigenvalue weighted by Crippen LogP contribution is 2.24. The van der Waals surface area contributed by atoms with Crippen LogP contribution in [0, 0.1) is 5.92 Å². The third-order valence-corrected chi connectivity index (χ3v) is 3.73. The van der Waals surface area contributed by atoms with Crippen molar-refractivity contribution in [2.45, 2.75) is 19.4 Å². The second-order valence-corrected chi connectivity index (χ2v) is 5.13. The quantitative estimate of drug-likeness (QED) is 0.865. The maximum atomic E-state index is 11.9. The molecule has 0 saturated carbocycles. The summed E-state index contributed by atoms with van der Waals surface area (Å²) in [6.45, 7) is 4.85. The zero-order chi connectivity index (χ0) is 15.2. The number of rotatable bonds is 4. The molecule has 0 aromatic heterocycles. The van der Waals surface area contributed by atoms with Crippen LogP contribution in [0.15, 0.2) is 42.5 Å². The summed E-state index contributed by atoms with van der Waals surface area (Å²) in [6, 6.07) is 9.50. The van der Waals surface area contributed by atoms with E-state index in [9.17, 15) is 9.59 Å². The van der Waals surface area contributed by atoms with E-state index in [1.807, 2.05) is 30.3 Å². The van der Waals surface area contributed by atoms with E-state index < -0.39 is 5.97 Å². The van der Waals surface area contributed by atoms with Crippen molar-refractivity contribution in [2.75, 3.05) is 13.1 Å². The molecular weight excluding hydrogens is 270 g/mol. The van der Waals surface area contributed by atoms with Gasteiger partial charge in [-0.15, -0.1) is 0 Å². The minimum absolute atomic E-state index is 0.0549. The Morgan fingerprint density at radius 3 is 2.43 bits per heavy atom. The summed E-state index contributed by atoms with van der Waals surface area (Å²) >= 11 is 0. The van der Waals surface area contributed by atoms with E-state index in [1.54, 1.807) is 4.90 Å². The van der Waals surface area contributed by atoms with Gasteiger partial charge in [0.2, 0.25) is 0 Å². The van der Waals surface area contributed by atoms with Crippen LogP contribution in [0.4, 0.5) is 4.79 Å². The van der Waals surface area contributed by atoms with Gasteiger partial charge in [0.05, 0.1) is 0 Å². The van der Waals surface area contributed by atoms with Crippen LogP contribution in [0.3, 0.4) is 0 Å². The molecule has 0 unspecified atom stereocenters. The predicted octanol–water partition coefficient (Wildman–Crippen LogP) is 2.68. The molecule has 1 saturated heterocycles. The molecule has 0 atom stereocenters. The molecule has 2 rings (SSSR count). The second kappa shape index (κ2) is 6.92. The number of carbonyl (C=O) groups is 2. The minimum Gasteiger partial charge on any atom is -0.478 e. The van der Waals surface area contributed by atoms with E-state index in [0.717, 1.165) is 5.56 Å². The smallest absolute Gasteiger partial charge is 0.410 e. The van der Waals surface area contributed by atoms with Gasteiger partial charge < -0.3 is 14.7 Å². The third-order valence-electron chi connectivity index (χ3n) is 3.73. The largest absolute Gasteiger partial charge is 0.478 e. The average molecular weight is 289 g/mol. The Hall–Kier alpha value is -2.30. The van der Waals surface area contributed by atoms with Gasteiger partial charge in [-0.1, -0.05) is 36.9 Å². The highest BCUT2D eigenvalue weighted by atomic mass is 16.6. The molecule has 21 heavy (non-hydrogen) atoms. The molecule has 1 heterocycles. The monoisotopic (exact) mass is 289 g/mol. The summed E-state index contributed by atoms with van der Waals surface area (Å²) in [5.74, 6) is -1.01. The van der Waals surface area contributed by atoms with Crippen molar-refractivity contribution in [3.63, 3.8) is 0 Å². The first-order valence-electron chi connectivity index (χ1n) is 6.95. The molecule has 1 aliphatic heterocycles. The van der Waals surface area contributed by atoms with Crippen LogP contribution >= 0.6 is 0 Å². The number of aliphatic carboxylic acids is 1. The lowest BCUT2D eigenvalue weighted by molar-refractivity contribution is -0.133. The van der Waals surface area contributed by atoms with Gasteiger partial charge in [0, 0.05) is 18.7 Å². The fourth-order valence-electron chi connectivity index (χ4n) is 2.40. The Balaban J connectivity index is 1.78. The van der Waals surface area contributed by atoms with Gasteiger partial charge in [-0.3, -0.25) is 0 Å². The molecular formula is C16H19NO4. The fourth-order valence-corrected chi connectivity index (χ4v) is 2.40. The maximum Gasteiger partial charge on any atom is 0.410 e. The van der Waals surface area contributed by atoms with Gasteiger partial charge in [0.1, 0.15) is 6.61 Å². The average Bonchev–Trinajstić information content (AvgIpc) is 2.53. The van der Waals surface area contributed by atoms with Crippen molar-refractivity contribution in [2.24, 2.45) is 5.92 Å². The summed E-state index contributed by atoms with van der Waals surface area (Å²) < 4.78 is 5.26. The lowest BCUT2D eigenvalue weighted by atomic mass is 9.90. The van der Waals surface area contributed by atoms with Crippen LogP contribution in [-0.2, 0) is 16.1 Å². The molecule has 1 amide bonds. The van der Waals surface area contributed by atoms with Crippen LogP contribution in [0.1, 0.15) is 18.4 Å². The van der Waals surface area contributed by atoms with Gasteiger partial charge in [0.15, 0.2) is 0 Å². The number of amides is 1. The van der Waals surface area contributed by atoms with Gasteiger partial charge in [0.25, 0.3) is 0 Å². The summed E-state index contributed by atoms with van der Waals surface area (Å²) in [7, 11) is 0. The number of likely N-dealkylation sites (tertiary alicyclic amines) is 1. The van der Waals surface area contributed by atoms with Gasteiger partial charge in [-0.25, -0.2) is 9.59 Å². The number of hydrogen-bond donors (Lipinski definition) is 1. The van der Waals surface area contributed by atoms with E-state index in [1.165, 1.54) is 0 Å². The van der Waals surface area contributed by atoms with Crippen molar-refractivity contribution in [1.29, 1.82) is 0 Å². The van der Waals surface area contributed by atoms with Gasteiger partial charge in [-0.2, -0.15) is 0 Å². The minimum atomic E-state index is -0.958.